The van der Waals surface area contributed by atoms with Gasteiger partial charge in [-0.05, 0) is 44.4 Å². The van der Waals surface area contributed by atoms with E-state index in [0.717, 1.165) is 0 Å². The highest BCUT2D eigenvalue weighted by molar-refractivity contribution is 5.97. The minimum Gasteiger partial charge on any atom is -0.444 e. The molecule has 22 heavy (non-hydrogen) atoms. The van der Waals surface area contributed by atoms with Crippen LogP contribution in [0.4, 0.5) is 4.79 Å². The van der Waals surface area contributed by atoms with Crippen molar-refractivity contribution >= 4 is 17.6 Å². The van der Waals surface area contributed by atoms with Gasteiger partial charge in [0.05, 0.1) is 5.56 Å². The highest BCUT2D eigenvalue weighted by atomic mass is 16.6. The number of amides is 2. The van der Waals surface area contributed by atoms with Gasteiger partial charge in [0.25, 0.3) is 5.91 Å². The van der Waals surface area contributed by atoms with Crippen molar-refractivity contribution in [1.82, 2.24) is 9.88 Å². The molecule has 120 valence electrons. The Bertz CT molecular complexity index is 576. The van der Waals surface area contributed by atoms with Crippen molar-refractivity contribution in [2.45, 2.75) is 32.8 Å². The molecular formula is C16H23N3O3. The van der Waals surface area contributed by atoms with Crippen LogP contribution in [0, 0.1) is 0 Å². The van der Waals surface area contributed by atoms with Gasteiger partial charge in [-0.1, -0.05) is 6.58 Å². The lowest BCUT2D eigenvalue weighted by molar-refractivity contribution is 0.0302. The molecule has 6 nitrogen and oxygen atoms in total. The summed E-state index contributed by atoms with van der Waals surface area (Å²) < 4.78 is 5.27. The van der Waals surface area contributed by atoms with Crippen molar-refractivity contribution in [3.63, 3.8) is 0 Å². The van der Waals surface area contributed by atoms with Crippen LogP contribution in [0.1, 0.15) is 43.1 Å². The van der Waals surface area contributed by atoms with Gasteiger partial charge in [-0.3, -0.25) is 9.78 Å². The molecule has 0 aliphatic rings. The van der Waals surface area contributed by atoms with E-state index in [0.29, 0.717) is 29.7 Å². The lowest BCUT2D eigenvalue weighted by atomic mass is 10.0. The second-order valence-electron chi connectivity index (χ2n) is 6.04. The second kappa shape index (κ2) is 7.06. The van der Waals surface area contributed by atoms with E-state index in [1.54, 1.807) is 19.3 Å². The Balaban J connectivity index is 2.67. The molecular weight excluding hydrogens is 282 g/mol. The van der Waals surface area contributed by atoms with Crippen LogP contribution in [0.3, 0.4) is 0 Å². The van der Waals surface area contributed by atoms with Crippen molar-refractivity contribution in [1.29, 1.82) is 0 Å². The molecule has 0 aliphatic carbocycles. The fourth-order valence-corrected chi connectivity index (χ4v) is 1.77. The van der Waals surface area contributed by atoms with Crippen LogP contribution >= 0.6 is 0 Å². The first kappa shape index (κ1) is 17.7. The number of nitrogens with two attached hydrogens (primary N) is 1. The van der Waals surface area contributed by atoms with Gasteiger partial charge in [0, 0.05) is 26.0 Å². The molecule has 1 rings (SSSR count). The molecule has 0 fully saturated rings. The molecule has 0 bridgehead atoms. The van der Waals surface area contributed by atoms with Crippen molar-refractivity contribution in [3.8, 4) is 0 Å². The van der Waals surface area contributed by atoms with Crippen LogP contribution in [0.25, 0.3) is 5.57 Å². The standard InChI is InChI=1S/C16H23N3O3/c1-11(12-6-8-18-10-13(12)14(17)20)7-9-19(5)15(21)22-16(2,3)4/h6,8,10H,1,7,9H2,2-5H3,(H2,17,20). The van der Waals surface area contributed by atoms with Gasteiger partial charge < -0.3 is 15.4 Å². The molecule has 1 heterocycles. The maximum Gasteiger partial charge on any atom is 0.410 e. The van der Waals surface area contributed by atoms with Gasteiger partial charge in [0.1, 0.15) is 5.60 Å². The van der Waals surface area contributed by atoms with Crippen molar-refractivity contribution in [3.05, 3.63) is 36.2 Å². The zero-order valence-electron chi connectivity index (χ0n) is 13.5. The molecule has 2 N–H and O–H groups in total. The average molecular weight is 305 g/mol. The number of aromatic nitrogens is 1. The van der Waals surface area contributed by atoms with E-state index in [4.69, 9.17) is 10.5 Å². The fourth-order valence-electron chi connectivity index (χ4n) is 1.77. The molecule has 2 amide bonds. The number of rotatable bonds is 5. The lowest BCUT2D eigenvalue weighted by Gasteiger charge is -2.25. The van der Waals surface area contributed by atoms with Crippen LogP contribution in [0.5, 0.6) is 0 Å². The highest BCUT2D eigenvalue weighted by Crippen LogP contribution is 2.20. The second-order valence-corrected chi connectivity index (χ2v) is 6.04. The Morgan fingerprint density at radius 2 is 2.00 bits per heavy atom. The number of pyridine rings is 1. The third-order valence-corrected chi connectivity index (χ3v) is 2.92. The summed E-state index contributed by atoms with van der Waals surface area (Å²) >= 11 is 0. The van der Waals surface area contributed by atoms with Gasteiger partial charge in [0.15, 0.2) is 0 Å². The third-order valence-electron chi connectivity index (χ3n) is 2.92. The first-order valence-electron chi connectivity index (χ1n) is 6.98. The van der Waals surface area contributed by atoms with E-state index in [1.807, 2.05) is 20.8 Å². The molecule has 0 atom stereocenters. The van der Waals surface area contributed by atoms with Gasteiger partial charge in [-0.2, -0.15) is 0 Å². The number of carbonyl (C=O) groups excluding carboxylic acids is 2. The minimum atomic E-state index is -0.551. The summed E-state index contributed by atoms with van der Waals surface area (Å²) in [7, 11) is 1.66. The fraction of sp³-hybridized carbons (Fsp3) is 0.438. The zero-order valence-corrected chi connectivity index (χ0v) is 13.5. The molecule has 1 aromatic heterocycles. The van der Waals surface area contributed by atoms with Crippen molar-refractivity contribution < 1.29 is 14.3 Å². The summed E-state index contributed by atoms with van der Waals surface area (Å²) in [5, 5.41) is 0. The zero-order chi connectivity index (χ0) is 16.9. The third kappa shape index (κ3) is 5.20. The minimum absolute atomic E-state index is 0.326. The number of hydrogen-bond acceptors (Lipinski definition) is 4. The van der Waals surface area contributed by atoms with Crippen molar-refractivity contribution in [2.24, 2.45) is 5.73 Å². The van der Waals surface area contributed by atoms with E-state index < -0.39 is 17.6 Å². The Morgan fingerprint density at radius 1 is 1.36 bits per heavy atom. The normalized spacial score (nSPS) is 10.9. The largest absolute Gasteiger partial charge is 0.444 e. The molecule has 0 aromatic carbocycles. The van der Waals surface area contributed by atoms with E-state index in [-0.39, 0.29) is 0 Å². The van der Waals surface area contributed by atoms with Crippen LogP contribution in [0.15, 0.2) is 25.0 Å². The molecule has 0 aliphatic heterocycles. The van der Waals surface area contributed by atoms with Gasteiger partial charge in [0.2, 0.25) is 0 Å². The maximum absolute atomic E-state index is 11.9. The number of carbonyl (C=O) groups is 2. The Morgan fingerprint density at radius 3 is 2.55 bits per heavy atom. The molecule has 6 heteroatoms. The Labute approximate surface area is 131 Å². The molecule has 0 unspecified atom stereocenters. The average Bonchev–Trinajstić information content (AvgIpc) is 2.42. The van der Waals surface area contributed by atoms with Crippen LogP contribution in [0.2, 0.25) is 0 Å². The Hall–Kier alpha value is -2.37. The number of primary amides is 1. The quantitative estimate of drug-likeness (QED) is 0.905. The summed E-state index contributed by atoms with van der Waals surface area (Å²) in [5.74, 6) is -0.551. The predicted octanol–water partition coefficient (Wildman–Crippen LogP) is 2.45. The van der Waals surface area contributed by atoms with Gasteiger partial charge >= 0.3 is 6.09 Å². The van der Waals surface area contributed by atoms with E-state index in [9.17, 15) is 9.59 Å². The highest BCUT2D eigenvalue weighted by Gasteiger charge is 2.20. The first-order valence-corrected chi connectivity index (χ1v) is 6.98. The summed E-state index contributed by atoms with van der Waals surface area (Å²) in [6.07, 6.45) is 3.09. The topological polar surface area (TPSA) is 85.5 Å². The smallest absolute Gasteiger partial charge is 0.410 e. The predicted molar refractivity (Wildman–Crippen MR) is 85.3 cm³/mol. The van der Waals surface area contributed by atoms with Gasteiger partial charge in [-0.15, -0.1) is 0 Å². The SMILES string of the molecule is C=C(CCN(C)C(=O)OC(C)(C)C)c1ccncc1C(N)=O. The summed E-state index contributed by atoms with van der Waals surface area (Å²) in [4.78, 5) is 28.6. The molecule has 0 saturated carbocycles. The van der Waals surface area contributed by atoms with Crippen LogP contribution in [-0.2, 0) is 4.74 Å². The van der Waals surface area contributed by atoms with Crippen molar-refractivity contribution in [2.75, 3.05) is 13.6 Å². The van der Waals surface area contributed by atoms with Crippen LogP contribution < -0.4 is 5.73 Å². The summed E-state index contributed by atoms with van der Waals surface area (Å²) in [6.45, 7) is 9.82. The van der Waals surface area contributed by atoms with Crippen LogP contribution in [-0.4, -0.2) is 41.1 Å². The first-order chi connectivity index (χ1) is 10.1. The Kier molecular flexibility index (Phi) is 5.68. The van der Waals surface area contributed by atoms with E-state index >= 15 is 0 Å². The van der Waals surface area contributed by atoms with E-state index in [2.05, 4.69) is 11.6 Å². The summed E-state index contributed by atoms with van der Waals surface area (Å²) in [5.41, 5.74) is 6.48. The number of hydrogen-bond donors (Lipinski definition) is 1. The molecule has 1 aromatic rings. The molecule has 0 spiro atoms. The number of ether oxygens (including phenoxy) is 1. The maximum atomic E-state index is 11.9. The lowest BCUT2D eigenvalue weighted by Crippen LogP contribution is -2.34. The molecule has 0 radical (unpaired) electrons. The summed E-state index contributed by atoms with van der Waals surface area (Å²) in [6, 6.07) is 1.69. The molecule has 0 saturated heterocycles. The monoisotopic (exact) mass is 305 g/mol. The number of nitrogens with zero attached hydrogens (tertiary/aromatic N) is 2. The van der Waals surface area contributed by atoms with E-state index in [1.165, 1.54) is 11.1 Å². The van der Waals surface area contributed by atoms with Gasteiger partial charge in [-0.25, -0.2) is 4.79 Å².